The summed E-state index contributed by atoms with van der Waals surface area (Å²) in [5, 5.41) is 19.4. The molecule has 6 heteroatoms. The van der Waals surface area contributed by atoms with Gasteiger partial charge in [-0.05, 0) is 44.0 Å². The van der Waals surface area contributed by atoms with Crippen LogP contribution in [-0.4, -0.2) is 21.2 Å². The maximum Gasteiger partial charge on any atom is 0.419 e. The SMILES string of the molecule is CC(C)(C)OC(=O)n1cc(CC#N)c2ccccc21.N#CCc1c[nH]c2ccccc12. The van der Waals surface area contributed by atoms with Gasteiger partial charge in [-0.15, -0.1) is 0 Å². The van der Waals surface area contributed by atoms with Gasteiger partial charge in [-0.3, -0.25) is 4.57 Å². The van der Waals surface area contributed by atoms with Crippen LogP contribution in [0.1, 0.15) is 31.9 Å². The molecule has 2 aromatic heterocycles. The van der Waals surface area contributed by atoms with Crippen LogP contribution in [-0.2, 0) is 17.6 Å². The number of carbonyl (C=O) groups excluding carboxylic acids is 1. The van der Waals surface area contributed by atoms with E-state index in [-0.39, 0.29) is 6.42 Å². The average Bonchev–Trinajstić information content (AvgIpc) is 3.30. The first kappa shape index (κ1) is 21.7. The smallest absolute Gasteiger partial charge is 0.419 e. The zero-order valence-corrected chi connectivity index (χ0v) is 17.8. The molecule has 4 aromatic rings. The Morgan fingerprint density at radius 2 is 1.58 bits per heavy atom. The number of rotatable bonds is 2. The summed E-state index contributed by atoms with van der Waals surface area (Å²) in [5.41, 5.74) is 3.24. The van der Waals surface area contributed by atoms with Gasteiger partial charge in [0.25, 0.3) is 0 Å². The molecule has 0 unspecified atom stereocenters. The van der Waals surface area contributed by atoms with E-state index in [1.165, 1.54) is 4.57 Å². The second kappa shape index (κ2) is 9.19. The van der Waals surface area contributed by atoms with Gasteiger partial charge in [-0.2, -0.15) is 10.5 Å². The third kappa shape index (κ3) is 5.12. The predicted molar refractivity (Wildman–Crippen MR) is 121 cm³/mol. The van der Waals surface area contributed by atoms with Gasteiger partial charge in [-0.1, -0.05) is 36.4 Å². The van der Waals surface area contributed by atoms with E-state index in [9.17, 15) is 4.79 Å². The van der Waals surface area contributed by atoms with E-state index in [0.717, 1.165) is 32.9 Å². The van der Waals surface area contributed by atoms with Crippen molar-refractivity contribution in [2.75, 3.05) is 0 Å². The number of carbonyl (C=O) groups is 1. The van der Waals surface area contributed by atoms with Gasteiger partial charge in [-0.25, -0.2) is 4.79 Å². The number of aromatic nitrogens is 2. The molecule has 0 amide bonds. The predicted octanol–water partition coefficient (Wildman–Crippen LogP) is 5.72. The summed E-state index contributed by atoms with van der Waals surface area (Å²) < 4.78 is 6.83. The van der Waals surface area contributed by atoms with Crippen LogP contribution in [0.4, 0.5) is 4.79 Å². The standard InChI is InChI=1S/C15H16N2O2.C10H8N2/c1-15(2,3)19-14(18)17-10-11(8-9-16)12-6-4-5-7-13(12)17;11-6-5-8-7-12-10-4-2-1-3-9(8)10/h4-7,10H,8H2,1-3H3;1-4,7,12H,5H2. The Labute approximate surface area is 181 Å². The lowest BCUT2D eigenvalue weighted by molar-refractivity contribution is 0.0544. The van der Waals surface area contributed by atoms with Gasteiger partial charge in [0.2, 0.25) is 0 Å². The number of nitrogens with one attached hydrogen (secondary N) is 1. The lowest BCUT2D eigenvalue weighted by Gasteiger charge is -2.19. The summed E-state index contributed by atoms with van der Waals surface area (Å²) in [6.07, 6.45) is 3.91. The van der Waals surface area contributed by atoms with E-state index in [1.807, 2.05) is 75.5 Å². The van der Waals surface area contributed by atoms with Crippen molar-refractivity contribution < 1.29 is 9.53 Å². The molecule has 0 bridgehead atoms. The Balaban J connectivity index is 0.000000194. The Morgan fingerprint density at radius 1 is 0.968 bits per heavy atom. The molecule has 2 aromatic carbocycles. The van der Waals surface area contributed by atoms with Gasteiger partial charge in [0, 0.05) is 28.7 Å². The molecule has 0 saturated heterocycles. The van der Waals surface area contributed by atoms with Crippen molar-refractivity contribution in [3.05, 3.63) is 72.1 Å². The van der Waals surface area contributed by atoms with Crippen LogP contribution in [0.3, 0.4) is 0 Å². The van der Waals surface area contributed by atoms with Gasteiger partial charge >= 0.3 is 6.09 Å². The quantitative estimate of drug-likeness (QED) is 0.455. The molecule has 0 atom stereocenters. The van der Waals surface area contributed by atoms with Crippen LogP contribution in [0.25, 0.3) is 21.8 Å². The molecule has 2 heterocycles. The van der Waals surface area contributed by atoms with Crippen LogP contribution < -0.4 is 0 Å². The number of para-hydroxylation sites is 2. The van der Waals surface area contributed by atoms with Crippen LogP contribution in [0.15, 0.2) is 60.9 Å². The van der Waals surface area contributed by atoms with E-state index >= 15 is 0 Å². The zero-order chi connectivity index (χ0) is 22.4. The molecule has 0 aliphatic carbocycles. The monoisotopic (exact) mass is 412 g/mol. The Morgan fingerprint density at radius 3 is 2.26 bits per heavy atom. The van der Waals surface area contributed by atoms with Gasteiger partial charge < -0.3 is 9.72 Å². The van der Waals surface area contributed by atoms with Gasteiger partial charge in [0.1, 0.15) is 5.60 Å². The van der Waals surface area contributed by atoms with E-state index in [1.54, 1.807) is 6.20 Å². The maximum absolute atomic E-state index is 12.1. The second-order valence-electron chi connectivity index (χ2n) is 8.05. The van der Waals surface area contributed by atoms with Crippen LogP contribution in [0, 0.1) is 22.7 Å². The lowest BCUT2D eigenvalue weighted by atomic mass is 10.1. The van der Waals surface area contributed by atoms with Crippen molar-refractivity contribution in [2.24, 2.45) is 0 Å². The molecule has 4 rings (SSSR count). The highest BCUT2D eigenvalue weighted by Gasteiger charge is 2.20. The first-order chi connectivity index (χ1) is 14.8. The summed E-state index contributed by atoms with van der Waals surface area (Å²) in [7, 11) is 0. The molecule has 156 valence electrons. The Bertz CT molecular complexity index is 1290. The number of hydrogen-bond donors (Lipinski definition) is 1. The molecular formula is C25H24N4O2. The number of benzene rings is 2. The average molecular weight is 412 g/mol. The molecule has 6 nitrogen and oxygen atoms in total. The molecule has 0 radical (unpaired) electrons. The highest BCUT2D eigenvalue weighted by molar-refractivity contribution is 5.92. The second-order valence-corrected chi connectivity index (χ2v) is 8.05. The normalized spacial score (nSPS) is 10.7. The van der Waals surface area contributed by atoms with Crippen molar-refractivity contribution in [1.82, 2.24) is 9.55 Å². The fourth-order valence-electron chi connectivity index (χ4n) is 3.30. The number of nitrogens with zero attached hydrogens (tertiary/aromatic N) is 3. The molecule has 0 fully saturated rings. The molecule has 0 aliphatic rings. The van der Waals surface area contributed by atoms with Crippen molar-refractivity contribution in [3.63, 3.8) is 0 Å². The fourth-order valence-corrected chi connectivity index (χ4v) is 3.30. The highest BCUT2D eigenvalue weighted by Crippen LogP contribution is 2.23. The third-order valence-electron chi connectivity index (χ3n) is 4.60. The van der Waals surface area contributed by atoms with E-state index in [2.05, 4.69) is 17.1 Å². The minimum absolute atomic E-state index is 0.274. The first-order valence-electron chi connectivity index (χ1n) is 9.95. The minimum Gasteiger partial charge on any atom is -0.443 e. The summed E-state index contributed by atoms with van der Waals surface area (Å²) in [6, 6.07) is 19.8. The van der Waals surface area contributed by atoms with Crippen LogP contribution in [0.5, 0.6) is 0 Å². The number of aromatic amines is 1. The number of H-pyrrole nitrogens is 1. The minimum atomic E-state index is -0.544. The maximum atomic E-state index is 12.1. The number of nitriles is 2. The van der Waals surface area contributed by atoms with Crippen LogP contribution in [0.2, 0.25) is 0 Å². The molecule has 1 N–H and O–H groups in total. The molecule has 0 aliphatic heterocycles. The van der Waals surface area contributed by atoms with E-state index in [4.69, 9.17) is 15.3 Å². The summed E-state index contributed by atoms with van der Waals surface area (Å²) in [5.74, 6) is 0. The van der Waals surface area contributed by atoms with Crippen molar-refractivity contribution in [1.29, 1.82) is 10.5 Å². The summed E-state index contributed by atoms with van der Waals surface area (Å²) >= 11 is 0. The molecule has 0 spiro atoms. The highest BCUT2D eigenvalue weighted by atomic mass is 16.6. The van der Waals surface area contributed by atoms with Crippen molar-refractivity contribution >= 4 is 27.9 Å². The van der Waals surface area contributed by atoms with Gasteiger partial charge in [0.05, 0.1) is 30.5 Å². The van der Waals surface area contributed by atoms with E-state index in [0.29, 0.717) is 6.42 Å². The molecule has 31 heavy (non-hydrogen) atoms. The Hall–Kier alpha value is -4.03. The van der Waals surface area contributed by atoms with Crippen LogP contribution >= 0.6 is 0 Å². The van der Waals surface area contributed by atoms with Crippen molar-refractivity contribution in [2.45, 2.75) is 39.2 Å². The lowest BCUT2D eigenvalue weighted by Crippen LogP contribution is -2.26. The number of fused-ring (bicyclic) bond motifs is 2. The largest absolute Gasteiger partial charge is 0.443 e. The topological polar surface area (TPSA) is 94.6 Å². The van der Waals surface area contributed by atoms with Crippen molar-refractivity contribution in [3.8, 4) is 12.1 Å². The molecular weight excluding hydrogens is 388 g/mol. The fraction of sp³-hybridized carbons (Fsp3) is 0.240. The first-order valence-corrected chi connectivity index (χ1v) is 9.95. The third-order valence-corrected chi connectivity index (χ3v) is 4.60. The number of ether oxygens (including phenoxy) is 1. The summed E-state index contributed by atoms with van der Waals surface area (Å²) in [6.45, 7) is 5.48. The number of hydrogen-bond acceptors (Lipinski definition) is 4. The molecule has 0 saturated carbocycles. The van der Waals surface area contributed by atoms with Gasteiger partial charge in [0.15, 0.2) is 0 Å². The summed E-state index contributed by atoms with van der Waals surface area (Å²) in [4.78, 5) is 15.3. The zero-order valence-electron chi connectivity index (χ0n) is 17.8. The Kier molecular flexibility index (Phi) is 6.43. The van der Waals surface area contributed by atoms with E-state index < -0.39 is 11.7 Å².